The molecule has 20 heavy (non-hydrogen) atoms. The van der Waals surface area contributed by atoms with Crippen LogP contribution in [0.25, 0.3) is 0 Å². The van der Waals surface area contributed by atoms with Crippen LogP contribution in [-0.4, -0.2) is 52.9 Å². The number of anilines is 1. The van der Waals surface area contributed by atoms with Crippen LogP contribution in [0, 0.1) is 10.1 Å². The zero-order valence-corrected chi connectivity index (χ0v) is 11.6. The standard InChI is InChI=1S/C13H21N3O4/c1-2-14-13-11(4-3-5-12(13)16(19)20)10-15(6-8-17)7-9-18/h3-5,14,17-18H,2,6-10H2,1H3. The molecule has 7 nitrogen and oxygen atoms in total. The highest BCUT2D eigenvalue weighted by atomic mass is 16.6. The van der Waals surface area contributed by atoms with Crippen molar-refractivity contribution in [2.75, 3.05) is 38.2 Å². The number of hydrogen-bond acceptors (Lipinski definition) is 6. The van der Waals surface area contributed by atoms with Gasteiger partial charge in [-0.3, -0.25) is 15.0 Å². The van der Waals surface area contributed by atoms with Crippen LogP contribution in [0.1, 0.15) is 12.5 Å². The van der Waals surface area contributed by atoms with Crippen molar-refractivity contribution in [2.45, 2.75) is 13.5 Å². The number of benzene rings is 1. The molecule has 112 valence electrons. The number of nitro groups is 1. The van der Waals surface area contributed by atoms with Gasteiger partial charge in [-0.15, -0.1) is 0 Å². The van der Waals surface area contributed by atoms with Crippen molar-refractivity contribution >= 4 is 11.4 Å². The van der Waals surface area contributed by atoms with E-state index in [1.54, 1.807) is 6.07 Å². The minimum Gasteiger partial charge on any atom is -0.395 e. The quantitative estimate of drug-likeness (QED) is 0.458. The predicted molar refractivity (Wildman–Crippen MR) is 76.7 cm³/mol. The second-order valence-corrected chi connectivity index (χ2v) is 4.32. The topological polar surface area (TPSA) is 98.9 Å². The lowest BCUT2D eigenvalue weighted by molar-refractivity contribution is -0.384. The maximum absolute atomic E-state index is 11.1. The Balaban J connectivity index is 3.02. The van der Waals surface area contributed by atoms with E-state index in [-0.39, 0.29) is 18.9 Å². The second-order valence-electron chi connectivity index (χ2n) is 4.32. The van der Waals surface area contributed by atoms with Crippen molar-refractivity contribution in [1.82, 2.24) is 4.90 Å². The molecule has 1 rings (SSSR count). The van der Waals surface area contributed by atoms with Gasteiger partial charge >= 0.3 is 0 Å². The molecular formula is C13H21N3O4. The fourth-order valence-corrected chi connectivity index (χ4v) is 2.05. The predicted octanol–water partition coefficient (Wildman–Crippen LogP) is 0.813. The molecule has 0 fully saturated rings. The average Bonchev–Trinajstić information content (AvgIpc) is 2.41. The molecule has 0 bridgehead atoms. The molecule has 0 unspecified atom stereocenters. The van der Waals surface area contributed by atoms with Crippen LogP contribution in [0.2, 0.25) is 0 Å². The van der Waals surface area contributed by atoms with E-state index in [4.69, 9.17) is 10.2 Å². The summed E-state index contributed by atoms with van der Waals surface area (Å²) in [6, 6.07) is 4.92. The fraction of sp³-hybridized carbons (Fsp3) is 0.538. The molecule has 0 amide bonds. The summed E-state index contributed by atoms with van der Waals surface area (Å²) in [5, 5.41) is 32.1. The Morgan fingerprint density at radius 3 is 2.45 bits per heavy atom. The van der Waals surface area contributed by atoms with E-state index in [9.17, 15) is 10.1 Å². The molecule has 0 saturated carbocycles. The van der Waals surface area contributed by atoms with E-state index in [1.165, 1.54) is 6.07 Å². The summed E-state index contributed by atoms with van der Waals surface area (Å²) in [5.41, 5.74) is 1.32. The van der Waals surface area contributed by atoms with Crippen LogP contribution in [0.4, 0.5) is 11.4 Å². The Kier molecular flexibility index (Phi) is 6.92. The summed E-state index contributed by atoms with van der Waals surface area (Å²) in [6.07, 6.45) is 0. The van der Waals surface area contributed by atoms with Crippen molar-refractivity contribution in [2.24, 2.45) is 0 Å². The van der Waals surface area contributed by atoms with Gasteiger partial charge < -0.3 is 15.5 Å². The third-order valence-corrected chi connectivity index (χ3v) is 2.91. The largest absolute Gasteiger partial charge is 0.395 e. The lowest BCUT2D eigenvalue weighted by Gasteiger charge is -2.21. The van der Waals surface area contributed by atoms with E-state index in [0.29, 0.717) is 31.9 Å². The normalized spacial score (nSPS) is 10.8. The van der Waals surface area contributed by atoms with Crippen LogP contribution < -0.4 is 5.32 Å². The molecule has 0 atom stereocenters. The summed E-state index contributed by atoms with van der Waals surface area (Å²) < 4.78 is 0. The lowest BCUT2D eigenvalue weighted by atomic mass is 10.1. The van der Waals surface area contributed by atoms with Crippen LogP contribution in [0.3, 0.4) is 0 Å². The zero-order valence-electron chi connectivity index (χ0n) is 11.6. The van der Waals surface area contributed by atoms with Gasteiger partial charge in [0.1, 0.15) is 5.69 Å². The van der Waals surface area contributed by atoms with Gasteiger partial charge in [0.05, 0.1) is 18.1 Å². The van der Waals surface area contributed by atoms with Gasteiger partial charge in [0.25, 0.3) is 5.69 Å². The number of hydrogen-bond donors (Lipinski definition) is 3. The zero-order chi connectivity index (χ0) is 15.0. The van der Waals surface area contributed by atoms with Crippen molar-refractivity contribution < 1.29 is 15.1 Å². The minimum absolute atomic E-state index is 0.0224. The Bertz CT molecular complexity index is 434. The van der Waals surface area contributed by atoms with Crippen LogP contribution in [-0.2, 0) is 6.54 Å². The van der Waals surface area contributed by atoms with Gasteiger partial charge in [-0.25, -0.2) is 0 Å². The number of nitrogens with one attached hydrogen (secondary N) is 1. The highest BCUT2D eigenvalue weighted by Gasteiger charge is 2.18. The smallest absolute Gasteiger partial charge is 0.292 e. The summed E-state index contributed by atoms with van der Waals surface area (Å²) in [4.78, 5) is 12.5. The number of nitrogens with zero attached hydrogens (tertiary/aromatic N) is 2. The van der Waals surface area contributed by atoms with Crippen LogP contribution in [0.5, 0.6) is 0 Å². The SMILES string of the molecule is CCNc1c(CN(CCO)CCO)cccc1[N+](=O)[O-]. The molecule has 1 aromatic rings. The Hall–Kier alpha value is -1.70. The first-order chi connectivity index (χ1) is 9.63. The third-order valence-electron chi connectivity index (χ3n) is 2.91. The van der Waals surface area contributed by atoms with Gasteiger partial charge in [0.15, 0.2) is 0 Å². The molecule has 3 N–H and O–H groups in total. The summed E-state index contributed by atoms with van der Waals surface area (Å²) in [7, 11) is 0. The van der Waals surface area contributed by atoms with Gasteiger partial charge in [0.2, 0.25) is 0 Å². The van der Waals surface area contributed by atoms with Crippen LogP contribution >= 0.6 is 0 Å². The molecule has 0 aliphatic rings. The molecule has 0 radical (unpaired) electrons. The van der Waals surface area contributed by atoms with Crippen molar-refractivity contribution in [3.8, 4) is 0 Å². The number of aliphatic hydroxyl groups excluding tert-OH is 2. The van der Waals surface area contributed by atoms with Crippen molar-refractivity contribution in [3.63, 3.8) is 0 Å². The van der Waals surface area contributed by atoms with Gasteiger partial charge in [0, 0.05) is 32.2 Å². The Morgan fingerprint density at radius 2 is 1.95 bits per heavy atom. The van der Waals surface area contributed by atoms with E-state index >= 15 is 0 Å². The Labute approximate surface area is 118 Å². The molecule has 1 aromatic carbocycles. The molecule has 0 heterocycles. The number of nitro benzene ring substituents is 1. The molecule has 0 aliphatic heterocycles. The summed E-state index contributed by atoms with van der Waals surface area (Å²) in [5.74, 6) is 0. The van der Waals surface area contributed by atoms with Crippen molar-refractivity contribution in [3.05, 3.63) is 33.9 Å². The summed E-state index contributed by atoms with van der Waals surface area (Å²) in [6.45, 7) is 3.67. The van der Waals surface area contributed by atoms with E-state index in [0.717, 1.165) is 5.56 Å². The lowest BCUT2D eigenvalue weighted by Crippen LogP contribution is -2.29. The van der Waals surface area contributed by atoms with Gasteiger partial charge in [-0.1, -0.05) is 12.1 Å². The molecular weight excluding hydrogens is 262 g/mol. The molecule has 7 heteroatoms. The average molecular weight is 283 g/mol. The highest BCUT2D eigenvalue weighted by molar-refractivity contribution is 5.66. The second kappa shape index (κ2) is 8.47. The molecule has 0 aliphatic carbocycles. The molecule has 0 aromatic heterocycles. The minimum atomic E-state index is -0.413. The van der Waals surface area contributed by atoms with Crippen molar-refractivity contribution in [1.29, 1.82) is 0 Å². The highest BCUT2D eigenvalue weighted by Crippen LogP contribution is 2.29. The van der Waals surface area contributed by atoms with Gasteiger partial charge in [-0.05, 0) is 12.5 Å². The number of para-hydroxylation sites is 1. The van der Waals surface area contributed by atoms with E-state index in [2.05, 4.69) is 5.32 Å². The maximum atomic E-state index is 11.1. The molecule has 0 saturated heterocycles. The molecule has 0 spiro atoms. The number of aliphatic hydroxyl groups is 2. The van der Waals surface area contributed by atoms with Gasteiger partial charge in [-0.2, -0.15) is 0 Å². The first-order valence-corrected chi connectivity index (χ1v) is 6.58. The Morgan fingerprint density at radius 1 is 1.30 bits per heavy atom. The number of rotatable bonds is 9. The first-order valence-electron chi connectivity index (χ1n) is 6.58. The summed E-state index contributed by atoms with van der Waals surface area (Å²) >= 11 is 0. The van der Waals surface area contributed by atoms with Crippen LogP contribution in [0.15, 0.2) is 18.2 Å². The third kappa shape index (κ3) is 4.44. The first kappa shape index (κ1) is 16.4. The van der Waals surface area contributed by atoms with E-state index < -0.39 is 4.92 Å². The maximum Gasteiger partial charge on any atom is 0.292 e. The van der Waals surface area contributed by atoms with E-state index in [1.807, 2.05) is 17.9 Å². The fourth-order valence-electron chi connectivity index (χ4n) is 2.05. The monoisotopic (exact) mass is 283 g/mol.